The van der Waals surface area contributed by atoms with Crippen LogP contribution >= 0.6 is 0 Å². The summed E-state index contributed by atoms with van der Waals surface area (Å²) in [6, 6.07) is 6.41. The van der Waals surface area contributed by atoms with Crippen molar-refractivity contribution in [2.24, 2.45) is 5.92 Å². The van der Waals surface area contributed by atoms with Crippen LogP contribution in [0.1, 0.15) is 43.4 Å². The maximum absolute atomic E-state index is 10.9. The van der Waals surface area contributed by atoms with Gasteiger partial charge in [0.2, 0.25) is 0 Å². The number of rotatable bonds is 4. The van der Waals surface area contributed by atoms with Crippen molar-refractivity contribution in [2.45, 2.75) is 52.6 Å². The van der Waals surface area contributed by atoms with Crippen LogP contribution in [-0.4, -0.2) is 35.2 Å². The second-order valence-electron chi connectivity index (χ2n) is 6.97. The van der Waals surface area contributed by atoms with Gasteiger partial charge in [0, 0.05) is 26.1 Å². The summed E-state index contributed by atoms with van der Waals surface area (Å²) in [5, 5.41) is 10.9. The summed E-state index contributed by atoms with van der Waals surface area (Å²) in [5.41, 5.74) is 3.45. The first-order valence-corrected chi connectivity index (χ1v) is 7.89. The van der Waals surface area contributed by atoms with E-state index in [0.717, 1.165) is 38.9 Å². The van der Waals surface area contributed by atoms with E-state index in [4.69, 9.17) is 0 Å². The zero-order valence-corrected chi connectivity index (χ0v) is 13.4. The molecule has 1 aromatic rings. The third-order valence-electron chi connectivity index (χ3n) is 4.56. The summed E-state index contributed by atoms with van der Waals surface area (Å²) in [6.45, 7) is 12.0. The molecule has 0 aromatic heterocycles. The third kappa shape index (κ3) is 3.83. The molecule has 20 heavy (non-hydrogen) atoms. The molecule has 1 fully saturated rings. The Hall–Kier alpha value is -0.860. The molecule has 0 unspecified atom stereocenters. The fourth-order valence-corrected chi connectivity index (χ4v) is 3.30. The molecule has 1 saturated heterocycles. The number of benzene rings is 1. The SMILES string of the molecule is Cc1cccc(C)c1CC1(O)CCN(CC(C)C)CC1. The highest BCUT2D eigenvalue weighted by molar-refractivity contribution is 5.34. The van der Waals surface area contributed by atoms with Gasteiger partial charge in [-0.3, -0.25) is 0 Å². The van der Waals surface area contributed by atoms with Crippen molar-refractivity contribution in [3.8, 4) is 0 Å². The van der Waals surface area contributed by atoms with E-state index in [1.165, 1.54) is 16.7 Å². The van der Waals surface area contributed by atoms with Crippen molar-refractivity contribution in [3.05, 3.63) is 34.9 Å². The summed E-state index contributed by atoms with van der Waals surface area (Å²) in [7, 11) is 0. The van der Waals surface area contributed by atoms with Gasteiger partial charge in [-0.05, 0) is 49.3 Å². The largest absolute Gasteiger partial charge is 0.389 e. The smallest absolute Gasteiger partial charge is 0.0712 e. The van der Waals surface area contributed by atoms with E-state index < -0.39 is 5.60 Å². The highest BCUT2D eigenvalue weighted by Crippen LogP contribution is 2.29. The lowest BCUT2D eigenvalue weighted by molar-refractivity contribution is -0.0229. The molecule has 1 aromatic carbocycles. The predicted octanol–water partition coefficient (Wildman–Crippen LogP) is 3.33. The van der Waals surface area contributed by atoms with Gasteiger partial charge in [0.25, 0.3) is 0 Å². The van der Waals surface area contributed by atoms with Crippen LogP contribution in [0.2, 0.25) is 0 Å². The Kier molecular flexibility index (Phi) is 4.87. The minimum Gasteiger partial charge on any atom is -0.389 e. The van der Waals surface area contributed by atoms with E-state index in [-0.39, 0.29) is 0 Å². The molecule has 1 N–H and O–H groups in total. The van der Waals surface area contributed by atoms with E-state index in [1.54, 1.807) is 0 Å². The van der Waals surface area contributed by atoms with Gasteiger partial charge in [0.05, 0.1) is 5.60 Å². The number of hydrogen-bond donors (Lipinski definition) is 1. The van der Waals surface area contributed by atoms with Crippen LogP contribution in [0, 0.1) is 19.8 Å². The summed E-state index contributed by atoms with van der Waals surface area (Å²) in [5.74, 6) is 0.708. The molecule has 0 amide bonds. The van der Waals surface area contributed by atoms with Gasteiger partial charge in [0.15, 0.2) is 0 Å². The monoisotopic (exact) mass is 275 g/mol. The second kappa shape index (κ2) is 6.28. The zero-order valence-electron chi connectivity index (χ0n) is 13.4. The predicted molar refractivity (Wildman–Crippen MR) is 85.1 cm³/mol. The first-order valence-electron chi connectivity index (χ1n) is 7.89. The maximum atomic E-state index is 10.9. The van der Waals surface area contributed by atoms with Gasteiger partial charge in [-0.1, -0.05) is 32.0 Å². The topological polar surface area (TPSA) is 23.5 Å². The molecular weight excluding hydrogens is 246 g/mol. The summed E-state index contributed by atoms with van der Waals surface area (Å²) in [4.78, 5) is 2.49. The number of piperidine rings is 1. The Bertz CT molecular complexity index is 424. The van der Waals surface area contributed by atoms with Gasteiger partial charge >= 0.3 is 0 Å². The zero-order chi connectivity index (χ0) is 14.8. The maximum Gasteiger partial charge on any atom is 0.0712 e. The average molecular weight is 275 g/mol. The van der Waals surface area contributed by atoms with Crippen LogP contribution in [0.4, 0.5) is 0 Å². The van der Waals surface area contributed by atoms with Crippen LogP contribution in [0.3, 0.4) is 0 Å². The number of aryl methyl sites for hydroxylation is 2. The molecule has 1 aliphatic rings. The normalized spacial score (nSPS) is 19.5. The van der Waals surface area contributed by atoms with Gasteiger partial charge in [-0.15, -0.1) is 0 Å². The second-order valence-corrected chi connectivity index (χ2v) is 6.97. The third-order valence-corrected chi connectivity index (χ3v) is 4.56. The van der Waals surface area contributed by atoms with Gasteiger partial charge in [-0.2, -0.15) is 0 Å². The van der Waals surface area contributed by atoms with Crippen molar-refractivity contribution >= 4 is 0 Å². The Morgan fingerprint density at radius 1 is 1.15 bits per heavy atom. The molecule has 2 heteroatoms. The van der Waals surface area contributed by atoms with Gasteiger partial charge < -0.3 is 10.0 Å². The van der Waals surface area contributed by atoms with E-state index >= 15 is 0 Å². The van der Waals surface area contributed by atoms with Crippen LogP contribution in [0.5, 0.6) is 0 Å². The lowest BCUT2D eigenvalue weighted by Crippen LogP contribution is -2.46. The lowest BCUT2D eigenvalue weighted by atomic mass is 9.82. The Balaban J connectivity index is 2.00. The molecule has 0 aliphatic carbocycles. The highest BCUT2D eigenvalue weighted by atomic mass is 16.3. The Labute approximate surface area is 123 Å². The molecule has 0 spiro atoms. The molecular formula is C18H29NO. The number of likely N-dealkylation sites (tertiary alicyclic amines) is 1. The van der Waals surface area contributed by atoms with Crippen molar-refractivity contribution < 1.29 is 5.11 Å². The van der Waals surface area contributed by atoms with Crippen LogP contribution < -0.4 is 0 Å². The fraction of sp³-hybridized carbons (Fsp3) is 0.667. The minimum absolute atomic E-state index is 0.510. The first kappa shape index (κ1) is 15.5. The van der Waals surface area contributed by atoms with E-state index in [1.807, 2.05) is 0 Å². The lowest BCUT2D eigenvalue weighted by Gasteiger charge is -2.39. The van der Waals surface area contributed by atoms with E-state index in [9.17, 15) is 5.11 Å². The van der Waals surface area contributed by atoms with Crippen molar-refractivity contribution in [3.63, 3.8) is 0 Å². The van der Waals surface area contributed by atoms with Crippen LogP contribution in [0.15, 0.2) is 18.2 Å². The van der Waals surface area contributed by atoms with Crippen molar-refractivity contribution in [1.82, 2.24) is 4.90 Å². The molecule has 2 nitrogen and oxygen atoms in total. The minimum atomic E-state index is -0.510. The quantitative estimate of drug-likeness (QED) is 0.911. The van der Waals surface area contributed by atoms with Crippen LogP contribution in [0.25, 0.3) is 0 Å². The summed E-state index contributed by atoms with van der Waals surface area (Å²) >= 11 is 0. The molecule has 0 saturated carbocycles. The average Bonchev–Trinajstić information content (AvgIpc) is 2.37. The summed E-state index contributed by atoms with van der Waals surface area (Å²) < 4.78 is 0. The number of hydrogen-bond acceptors (Lipinski definition) is 2. The van der Waals surface area contributed by atoms with E-state index in [0.29, 0.717) is 5.92 Å². The highest BCUT2D eigenvalue weighted by Gasteiger charge is 2.33. The standard InChI is InChI=1S/C18H29NO/c1-14(2)13-19-10-8-18(20,9-11-19)12-17-15(3)6-5-7-16(17)4/h5-7,14,20H,8-13H2,1-4H3. The Morgan fingerprint density at radius 3 is 2.20 bits per heavy atom. The van der Waals surface area contributed by atoms with Crippen LogP contribution in [-0.2, 0) is 6.42 Å². The van der Waals surface area contributed by atoms with Crippen molar-refractivity contribution in [2.75, 3.05) is 19.6 Å². The fourth-order valence-electron chi connectivity index (χ4n) is 3.30. The van der Waals surface area contributed by atoms with E-state index in [2.05, 4.69) is 50.8 Å². The molecule has 1 heterocycles. The van der Waals surface area contributed by atoms with Gasteiger partial charge in [0.1, 0.15) is 0 Å². The van der Waals surface area contributed by atoms with Crippen molar-refractivity contribution in [1.29, 1.82) is 0 Å². The molecule has 2 rings (SSSR count). The number of nitrogens with zero attached hydrogens (tertiary/aromatic N) is 1. The first-order chi connectivity index (χ1) is 9.39. The molecule has 112 valence electrons. The molecule has 0 bridgehead atoms. The van der Waals surface area contributed by atoms with Gasteiger partial charge in [-0.25, -0.2) is 0 Å². The molecule has 1 aliphatic heterocycles. The number of aliphatic hydroxyl groups is 1. The molecule has 0 radical (unpaired) electrons. The Morgan fingerprint density at radius 2 is 1.70 bits per heavy atom. The molecule has 0 atom stereocenters. The summed E-state index contributed by atoms with van der Waals surface area (Å²) in [6.07, 6.45) is 2.60.